The number of carbonyl (C=O) groups is 1. The molecule has 0 fully saturated rings. The Morgan fingerprint density at radius 1 is 1.23 bits per heavy atom. The number of anilines is 1. The van der Waals surface area contributed by atoms with E-state index in [1.165, 1.54) is 11.3 Å². The first-order chi connectivity index (χ1) is 10.6. The largest absolute Gasteiger partial charge is 0.321 e. The van der Waals surface area contributed by atoms with Gasteiger partial charge in [0.1, 0.15) is 5.82 Å². The lowest BCUT2D eigenvalue weighted by atomic mass is 10.1. The van der Waals surface area contributed by atoms with Crippen LogP contribution >= 0.6 is 22.9 Å². The number of benzene rings is 1. The maximum absolute atomic E-state index is 12.1. The van der Waals surface area contributed by atoms with E-state index in [0.29, 0.717) is 20.7 Å². The van der Waals surface area contributed by atoms with Crippen LogP contribution in [0.4, 0.5) is 5.69 Å². The Hall–Kier alpha value is -2.24. The van der Waals surface area contributed by atoms with Gasteiger partial charge in [-0.3, -0.25) is 4.79 Å². The highest BCUT2D eigenvalue weighted by molar-refractivity contribution is 7.18. The standard InChI is InChI=1S/C16H12ClN3OS/c1-10-18-8-7-13(19-10)11-3-2-4-12(9-11)20-16(21)14-5-6-15(17)22-14/h2-9H,1H3,(H,20,21). The molecule has 0 spiro atoms. The average Bonchev–Trinajstić information content (AvgIpc) is 2.94. The summed E-state index contributed by atoms with van der Waals surface area (Å²) in [6, 6.07) is 12.8. The molecule has 0 saturated carbocycles. The Morgan fingerprint density at radius 3 is 2.82 bits per heavy atom. The maximum Gasteiger partial charge on any atom is 0.265 e. The summed E-state index contributed by atoms with van der Waals surface area (Å²) in [7, 11) is 0. The second kappa shape index (κ2) is 6.25. The minimum atomic E-state index is -0.173. The third kappa shape index (κ3) is 3.32. The van der Waals surface area contributed by atoms with Crippen molar-refractivity contribution in [2.75, 3.05) is 5.32 Å². The van der Waals surface area contributed by atoms with Crippen LogP contribution in [0.25, 0.3) is 11.3 Å². The van der Waals surface area contributed by atoms with Crippen molar-refractivity contribution in [3.05, 3.63) is 63.7 Å². The predicted octanol–water partition coefficient (Wildman–Crippen LogP) is 4.42. The van der Waals surface area contributed by atoms with Crippen molar-refractivity contribution in [2.24, 2.45) is 0 Å². The Labute approximate surface area is 136 Å². The van der Waals surface area contributed by atoms with Gasteiger partial charge in [0.05, 0.1) is 14.9 Å². The molecule has 0 saturated heterocycles. The molecule has 110 valence electrons. The van der Waals surface area contributed by atoms with Crippen LogP contribution in [0.15, 0.2) is 48.7 Å². The van der Waals surface area contributed by atoms with E-state index in [2.05, 4.69) is 15.3 Å². The van der Waals surface area contributed by atoms with Gasteiger partial charge >= 0.3 is 0 Å². The number of hydrogen-bond donors (Lipinski definition) is 1. The lowest BCUT2D eigenvalue weighted by molar-refractivity contribution is 0.103. The number of carbonyl (C=O) groups excluding carboxylic acids is 1. The van der Waals surface area contributed by atoms with Gasteiger partial charge < -0.3 is 5.32 Å². The molecule has 2 aromatic heterocycles. The number of amides is 1. The van der Waals surface area contributed by atoms with Crippen LogP contribution in [0.1, 0.15) is 15.5 Å². The normalized spacial score (nSPS) is 10.5. The molecule has 0 unspecified atom stereocenters. The summed E-state index contributed by atoms with van der Waals surface area (Å²) in [5.41, 5.74) is 2.46. The second-order valence-corrected chi connectivity index (χ2v) is 6.34. The van der Waals surface area contributed by atoms with Crippen LogP contribution < -0.4 is 5.32 Å². The van der Waals surface area contributed by atoms with Gasteiger partial charge in [-0.25, -0.2) is 9.97 Å². The Bertz CT molecular complexity index is 832. The molecular formula is C16H12ClN3OS. The van der Waals surface area contributed by atoms with E-state index < -0.39 is 0 Å². The second-order valence-electron chi connectivity index (χ2n) is 4.63. The minimum Gasteiger partial charge on any atom is -0.321 e. The molecule has 3 rings (SSSR count). The molecule has 1 aromatic carbocycles. The number of nitrogens with one attached hydrogen (secondary N) is 1. The molecule has 0 aliphatic rings. The van der Waals surface area contributed by atoms with Gasteiger partial charge in [0.15, 0.2) is 0 Å². The monoisotopic (exact) mass is 329 g/mol. The molecule has 3 aromatic rings. The Balaban J connectivity index is 1.84. The van der Waals surface area contributed by atoms with Crippen molar-refractivity contribution in [1.29, 1.82) is 0 Å². The predicted molar refractivity (Wildman–Crippen MR) is 89.5 cm³/mol. The highest BCUT2D eigenvalue weighted by Crippen LogP contribution is 2.24. The first kappa shape index (κ1) is 14.7. The summed E-state index contributed by atoms with van der Waals surface area (Å²) in [4.78, 5) is 21.2. The molecule has 6 heteroatoms. The Morgan fingerprint density at radius 2 is 2.09 bits per heavy atom. The van der Waals surface area contributed by atoms with Crippen LogP contribution in [0, 0.1) is 6.92 Å². The summed E-state index contributed by atoms with van der Waals surface area (Å²) in [5.74, 6) is 0.535. The topological polar surface area (TPSA) is 54.9 Å². The number of nitrogens with zero attached hydrogens (tertiary/aromatic N) is 2. The molecule has 0 aliphatic carbocycles. The number of halogens is 1. The first-order valence-electron chi connectivity index (χ1n) is 6.58. The SMILES string of the molecule is Cc1nccc(-c2cccc(NC(=O)c3ccc(Cl)s3)c2)n1. The summed E-state index contributed by atoms with van der Waals surface area (Å²) in [6.07, 6.45) is 1.72. The van der Waals surface area contributed by atoms with E-state index in [-0.39, 0.29) is 5.91 Å². The van der Waals surface area contributed by atoms with E-state index in [9.17, 15) is 4.79 Å². The number of aryl methyl sites for hydroxylation is 1. The lowest BCUT2D eigenvalue weighted by Gasteiger charge is -2.06. The molecule has 22 heavy (non-hydrogen) atoms. The number of thiophene rings is 1. The van der Waals surface area contributed by atoms with Crippen molar-refractivity contribution in [2.45, 2.75) is 6.92 Å². The third-order valence-electron chi connectivity index (χ3n) is 2.99. The zero-order valence-electron chi connectivity index (χ0n) is 11.7. The van der Waals surface area contributed by atoms with E-state index in [1.54, 1.807) is 18.3 Å². The fourth-order valence-corrected chi connectivity index (χ4v) is 2.94. The summed E-state index contributed by atoms with van der Waals surface area (Å²) < 4.78 is 0.593. The average molecular weight is 330 g/mol. The van der Waals surface area contributed by atoms with Crippen LogP contribution in [0.2, 0.25) is 4.34 Å². The van der Waals surface area contributed by atoms with Crippen molar-refractivity contribution in [3.8, 4) is 11.3 Å². The van der Waals surface area contributed by atoms with E-state index >= 15 is 0 Å². The van der Waals surface area contributed by atoms with Gasteiger partial charge in [0.25, 0.3) is 5.91 Å². The van der Waals surface area contributed by atoms with Gasteiger partial charge in [0.2, 0.25) is 0 Å². The zero-order chi connectivity index (χ0) is 15.5. The van der Waals surface area contributed by atoms with Crippen molar-refractivity contribution < 1.29 is 4.79 Å². The molecule has 0 aliphatic heterocycles. The van der Waals surface area contributed by atoms with E-state index in [4.69, 9.17) is 11.6 Å². The lowest BCUT2D eigenvalue weighted by Crippen LogP contribution is -2.09. The van der Waals surface area contributed by atoms with Crippen LogP contribution in [-0.2, 0) is 0 Å². The molecule has 1 N–H and O–H groups in total. The smallest absolute Gasteiger partial charge is 0.265 e. The Kier molecular flexibility index (Phi) is 4.18. The van der Waals surface area contributed by atoms with Crippen LogP contribution in [0.3, 0.4) is 0 Å². The van der Waals surface area contributed by atoms with Crippen molar-refractivity contribution in [3.63, 3.8) is 0 Å². The van der Waals surface area contributed by atoms with Crippen LogP contribution in [0.5, 0.6) is 0 Å². The molecule has 0 atom stereocenters. The molecule has 2 heterocycles. The third-order valence-corrected chi connectivity index (χ3v) is 4.22. The fourth-order valence-electron chi connectivity index (χ4n) is 2.00. The van der Waals surface area contributed by atoms with Gasteiger partial charge in [0, 0.05) is 17.4 Å². The van der Waals surface area contributed by atoms with Crippen molar-refractivity contribution >= 4 is 34.5 Å². The highest BCUT2D eigenvalue weighted by atomic mass is 35.5. The molecule has 4 nitrogen and oxygen atoms in total. The molecule has 0 radical (unpaired) electrons. The summed E-state index contributed by atoms with van der Waals surface area (Å²) in [6.45, 7) is 1.84. The molecule has 0 bridgehead atoms. The van der Waals surface area contributed by atoms with Gasteiger partial charge in [-0.05, 0) is 37.3 Å². The zero-order valence-corrected chi connectivity index (χ0v) is 13.3. The van der Waals surface area contributed by atoms with Crippen LogP contribution in [-0.4, -0.2) is 15.9 Å². The minimum absolute atomic E-state index is 0.173. The fraction of sp³-hybridized carbons (Fsp3) is 0.0625. The van der Waals surface area contributed by atoms with E-state index in [0.717, 1.165) is 11.3 Å². The number of aromatic nitrogens is 2. The quantitative estimate of drug-likeness (QED) is 0.774. The molecule has 1 amide bonds. The highest BCUT2D eigenvalue weighted by Gasteiger charge is 2.09. The first-order valence-corrected chi connectivity index (χ1v) is 7.78. The van der Waals surface area contributed by atoms with Gasteiger partial charge in [-0.1, -0.05) is 23.7 Å². The summed E-state index contributed by atoms with van der Waals surface area (Å²) >= 11 is 7.10. The van der Waals surface area contributed by atoms with Gasteiger partial charge in [-0.2, -0.15) is 0 Å². The summed E-state index contributed by atoms with van der Waals surface area (Å²) in [5, 5.41) is 2.87. The number of hydrogen-bond acceptors (Lipinski definition) is 4. The van der Waals surface area contributed by atoms with Crippen molar-refractivity contribution in [1.82, 2.24) is 9.97 Å². The van der Waals surface area contributed by atoms with E-state index in [1.807, 2.05) is 37.3 Å². The maximum atomic E-state index is 12.1. The molecular weight excluding hydrogens is 318 g/mol. The number of rotatable bonds is 3. The van der Waals surface area contributed by atoms with Gasteiger partial charge in [-0.15, -0.1) is 11.3 Å².